The molecule has 0 spiro atoms. The number of nitrogens with zero attached hydrogens (tertiary/aromatic N) is 1. The van der Waals surface area contributed by atoms with Crippen molar-refractivity contribution < 1.29 is 34.2 Å². The number of carbonyl (C=O) groups is 5. The second kappa shape index (κ2) is 15.0. The summed E-state index contributed by atoms with van der Waals surface area (Å²) in [5.74, 6) is -3.90. The lowest BCUT2D eigenvalue weighted by molar-refractivity contribution is -0.142. The van der Waals surface area contributed by atoms with Crippen LogP contribution in [0.3, 0.4) is 0 Å². The van der Waals surface area contributed by atoms with Crippen molar-refractivity contribution in [3.05, 3.63) is 18.2 Å². The first kappa shape index (κ1) is 29.9. The van der Waals surface area contributed by atoms with Crippen molar-refractivity contribution in [1.29, 1.82) is 0 Å². The van der Waals surface area contributed by atoms with Crippen LogP contribution < -0.4 is 27.4 Å². The highest BCUT2D eigenvalue weighted by Crippen LogP contribution is 2.05. The van der Waals surface area contributed by atoms with Gasteiger partial charge in [0, 0.05) is 24.7 Å². The summed E-state index contributed by atoms with van der Waals surface area (Å²) in [6, 6.07) is -5.06. The molecule has 35 heavy (non-hydrogen) atoms. The number of rotatable bonds is 16. The van der Waals surface area contributed by atoms with E-state index < -0.39 is 59.9 Å². The van der Waals surface area contributed by atoms with Crippen LogP contribution in [0, 0.1) is 0 Å². The standard InChI is InChI=1S/C20H33N7O7S/c1-10(28)16(27-17(30)12(21)5-6-35-2)19(32)26-14(7-11-8-23-9-24-11)18(31)25-13(20(33)34)3-4-15(22)29/h8-10,12-14,16,28H,3-7,21H2,1-2H3,(H2,22,29)(H,23,24)(H,25,31)(H,26,32)(H,27,30)(H,33,34). The lowest BCUT2D eigenvalue weighted by Gasteiger charge is -2.26. The molecule has 0 aliphatic rings. The second-order valence-electron chi connectivity index (χ2n) is 7.86. The Morgan fingerprint density at radius 2 is 1.74 bits per heavy atom. The number of nitrogens with one attached hydrogen (secondary N) is 4. The topological polar surface area (TPSA) is 243 Å². The molecule has 1 heterocycles. The number of primary amides is 1. The van der Waals surface area contributed by atoms with Crippen LogP contribution in [0.25, 0.3) is 0 Å². The largest absolute Gasteiger partial charge is 0.480 e. The maximum atomic E-state index is 12.9. The molecule has 0 saturated heterocycles. The van der Waals surface area contributed by atoms with Crippen molar-refractivity contribution in [3.8, 4) is 0 Å². The second-order valence-corrected chi connectivity index (χ2v) is 8.85. The Morgan fingerprint density at radius 3 is 2.26 bits per heavy atom. The fourth-order valence-corrected chi connectivity index (χ4v) is 3.43. The first-order chi connectivity index (χ1) is 16.5. The first-order valence-corrected chi connectivity index (χ1v) is 12.2. The average molecular weight is 516 g/mol. The van der Waals surface area contributed by atoms with Crippen molar-refractivity contribution >= 4 is 41.4 Å². The number of hydrogen-bond acceptors (Lipinski definition) is 9. The zero-order chi connectivity index (χ0) is 26.5. The zero-order valence-electron chi connectivity index (χ0n) is 19.5. The molecule has 1 aromatic heterocycles. The van der Waals surface area contributed by atoms with Crippen LogP contribution in [0.2, 0.25) is 0 Å². The number of aromatic amines is 1. The molecule has 0 aliphatic heterocycles. The molecule has 0 bridgehead atoms. The summed E-state index contributed by atoms with van der Waals surface area (Å²) in [5, 5.41) is 26.5. The van der Waals surface area contributed by atoms with Gasteiger partial charge in [0.1, 0.15) is 18.1 Å². The van der Waals surface area contributed by atoms with Crippen LogP contribution in [0.4, 0.5) is 0 Å². The van der Waals surface area contributed by atoms with Gasteiger partial charge in [0.15, 0.2) is 0 Å². The summed E-state index contributed by atoms with van der Waals surface area (Å²) in [6.45, 7) is 1.28. The smallest absolute Gasteiger partial charge is 0.326 e. The molecule has 0 aromatic carbocycles. The molecule has 196 valence electrons. The van der Waals surface area contributed by atoms with Gasteiger partial charge in [-0.1, -0.05) is 0 Å². The Bertz CT molecular complexity index is 866. The predicted octanol–water partition coefficient (Wildman–Crippen LogP) is -2.78. The van der Waals surface area contributed by atoms with E-state index in [1.54, 1.807) is 0 Å². The van der Waals surface area contributed by atoms with E-state index in [4.69, 9.17) is 11.5 Å². The Morgan fingerprint density at radius 1 is 1.09 bits per heavy atom. The van der Waals surface area contributed by atoms with E-state index in [2.05, 4.69) is 25.9 Å². The molecule has 0 aliphatic carbocycles. The zero-order valence-corrected chi connectivity index (χ0v) is 20.3. The van der Waals surface area contributed by atoms with E-state index in [-0.39, 0.29) is 19.3 Å². The summed E-state index contributed by atoms with van der Waals surface area (Å²) in [7, 11) is 0. The summed E-state index contributed by atoms with van der Waals surface area (Å²) in [5.41, 5.74) is 11.3. The molecule has 0 radical (unpaired) electrons. The number of amides is 4. The van der Waals surface area contributed by atoms with Crippen LogP contribution in [-0.4, -0.2) is 92.1 Å². The first-order valence-electron chi connectivity index (χ1n) is 10.8. The monoisotopic (exact) mass is 515 g/mol. The lowest BCUT2D eigenvalue weighted by atomic mass is 10.1. The van der Waals surface area contributed by atoms with Gasteiger partial charge in [-0.15, -0.1) is 0 Å². The van der Waals surface area contributed by atoms with Crippen molar-refractivity contribution in [3.63, 3.8) is 0 Å². The number of aliphatic carboxylic acids is 1. The number of aliphatic hydroxyl groups is 1. The van der Waals surface area contributed by atoms with E-state index in [1.165, 1.54) is 31.2 Å². The Balaban J connectivity index is 3.00. The predicted molar refractivity (Wildman–Crippen MR) is 127 cm³/mol. The minimum absolute atomic E-state index is 0.104. The van der Waals surface area contributed by atoms with Crippen LogP contribution in [0.1, 0.15) is 31.9 Å². The molecular formula is C20H33N7O7S. The van der Waals surface area contributed by atoms with E-state index in [0.29, 0.717) is 17.9 Å². The summed E-state index contributed by atoms with van der Waals surface area (Å²) < 4.78 is 0. The van der Waals surface area contributed by atoms with E-state index >= 15 is 0 Å². The molecule has 5 unspecified atom stereocenters. The fraction of sp³-hybridized carbons (Fsp3) is 0.600. The number of imidazole rings is 1. The Hall–Kier alpha value is -3.17. The van der Waals surface area contributed by atoms with Gasteiger partial charge in [-0.2, -0.15) is 11.8 Å². The van der Waals surface area contributed by atoms with E-state index in [1.807, 2.05) is 6.26 Å². The number of hydrogen-bond donors (Lipinski definition) is 8. The summed E-state index contributed by atoms with van der Waals surface area (Å²) in [4.78, 5) is 67.3. The summed E-state index contributed by atoms with van der Waals surface area (Å²) in [6.07, 6.45) is 3.01. The number of aromatic nitrogens is 2. The molecule has 14 nitrogen and oxygen atoms in total. The van der Waals surface area contributed by atoms with Gasteiger partial charge >= 0.3 is 5.97 Å². The minimum Gasteiger partial charge on any atom is -0.480 e. The lowest BCUT2D eigenvalue weighted by Crippen LogP contribution is -2.60. The quantitative estimate of drug-likeness (QED) is 0.112. The number of H-pyrrole nitrogens is 1. The maximum Gasteiger partial charge on any atom is 0.326 e. The van der Waals surface area contributed by atoms with Crippen LogP contribution in [-0.2, 0) is 30.4 Å². The number of carboxylic acid groups (broad SMARTS) is 1. The van der Waals surface area contributed by atoms with Gasteiger partial charge in [0.05, 0.1) is 18.5 Å². The van der Waals surface area contributed by atoms with Gasteiger partial charge in [-0.05, 0) is 31.8 Å². The molecule has 0 fully saturated rings. The Labute approximate surface area is 206 Å². The van der Waals surface area contributed by atoms with Crippen molar-refractivity contribution in [2.75, 3.05) is 12.0 Å². The molecular weight excluding hydrogens is 482 g/mol. The highest BCUT2D eigenvalue weighted by molar-refractivity contribution is 7.98. The normalized spacial score (nSPS) is 15.2. The third kappa shape index (κ3) is 10.7. The van der Waals surface area contributed by atoms with E-state index in [0.717, 1.165) is 0 Å². The molecule has 5 atom stereocenters. The third-order valence-electron chi connectivity index (χ3n) is 4.94. The fourth-order valence-electron chi connectivity index (χ4n) is 2.94. The minimum atomic E-state index is -1.43. The van der Waals surface area contributed by atoms with Crippen molar-refractivity contribution in [2.45, 2.75) is 62.9 Å². The number of carboxylic acids is 1. The molecule has 15 heteroatoms. The van der Waals surface area contributed by atoms with Crippen molar-refractivity contribution in [1.82, 2.24) is 25.9 Å². The number of thioether (sulfide) groups is 1. The number of aliphatic hydroxyl groups excluding tert-OH is 1. The summed E-state index contributed by atoms with van der Waals surface area (Å²) >= 11 is 1.50. The number of nitrogens with two attached hydrogens (primary N) is 2. The molecule has 1 aromatic rings. The molecule has 1 rings (SSSR count). The van der Waals surface area contributed by atoms with Gasteiger partial charge in [-0.25, -0.2) is 9.78 Å². The van der Waals surface area contributed by atoms with Crippen molar-refractivity contribution in [2.24, 2.45) is 11.5 Å². The van der Waals surface area contributed by atoms with Gasteiger partial charge in [-0.3, -0.25) is 19.2 Å². The SMILES string of the molecule is CSCCC(N)C(=O)NC(C(=O)NC(Cc1cnc[nH]1)C(=O)NC(CCC(N)=O)C(=O)O)C(C)O. The van der Waals surface area contributed by atoms with Gasteiger partial charge < -0.3 is 42.6 Å². The average Bonchev–Trinajstić information content (AvgIpc) is 3.30. The van der Waals surface area contributed by atoms with Gasteiger partial charge in [0.25, 0.3) is 0 Å². The highest BCUT2D eigenvalue weighted by atomic mass is 32.2. The molecule has 0 saturated carbocycles. The molecule has 10 N–H and O–H groups in total. The maximum absolute atomic E-state index is 12.9. The van der Waals surface area contributed by atoms with E-state index in [9.17, 15) is 34.2 Å². The number of carbonyl (C=O) groups excluding carboxylic acids is 4. The van der Waals surface area contributed by atoms with Gasteiger partial charge in [0.2, 0.25) is 23.6 Å². The third-order valence-corrected chi connectivity index (χ3v) is 5.58. The van der Waals surface area contributed by atoms with Crippen LogP contribution in [0.5, 0.6) is 0 Å². The Kier molecular flexibility index (Phi) is 12.8. The van der Waals surface area contributed by atoms with Crippen LogP contribution >= 0.6 is 11.8 Å². The van der Waals surface area contributed by atoms with Crippen LogP contribution in [0.15, 0.2) is 12.5 Å². The highest BCUT2D eigenvalue weighted by Gasteiger charge is 2.32. The molecule has 4 amide bonds.